The lowest BCUT2D eigenvalue weighted by Gasteiger charge is -2.38. The van der Waals surface area contributed by atoms with Crippen LogP contribution in [0.2, 0.25) is 0 Å². The van der Waals surface area contributed by atoms with Gasteiger partial charge in [0, 0.05) is 17.9 Å². The number of carbonyl (C=O) groups excluding carboxylic acids is 1. The molecular weight excluding hydrogens is 282 g/mol. The molecule has 2 fully saturated rings. The summed E-state index contributed by atoms with van der Waals surface area (Å²) in [5.41, 5.74) is 0. The number of amides is 1. The fraction of sp³-hybridized carbons (Fsp3) is 0.923. The van der Waals surface area contributed by atoms with Crippen LogP contribution in [0.15, 0.2) is 0 Å². The maximum absolute atomic E-state index is 12.5. The fourth-order valence-corrected chi connectivity index (χ4v) is 2.88. The van der Waals surface area contributed by atoms with Crippen molar-refractivity contribution in [3.8, 4) is 0 Å². The lowest BCUT2D eigenvalue weighted by atomic mass is 9.90. The molecule has 2 aliphatic rings. The quantitative estimate of drug-likeness (QED) is 0.731. The number of halogens is 1. The normalized spacial score (nSPS) is 29.1. The van der Waals surface area contributed by atoms with Gasteiger partial charge in [-0.1, -0.05) is 15.9 Å². The molecule has 3 nitrogen and oxygen atoms in total. The van der Waals surface area contributed by atoms with Gasteiger partial charge >= 0.3 is 0 Å². The Kier molecular flexibility index (Phi) is 4.86. The zero-order chi connectivity index (χ0) is 12.3. The molecule has 1 saturated carbocycles. The van der Waals surface area contributed by atoms with Crippen LogP contribution in [-0.4, -0.2) is 41.4 Å². The average molecular weight is 304 g/mol. The number of rotatable bonds is 5. The van der Waals surface area contributed by atoms with Crippen LogP contribution in [0.3, 0.4) is 0 Å². The van der Waals surface area contributed by atoms with E-state index in [0.717, 1.165) is 24.7 Å². The van der Waals surface area contributed by atoms with E-state index in [1.54, 1.807) is 0 Å². The minimum atomic E-state index is 0.112. The topological polar surface area (TPSA) is 29.5 Å². The van der Waals surface area contributed by atoms with Crippen LogP contribution >= 0.6 is 15.9 Å². The van der Waals surface area contributed by atoms with E-state index in [1.807, 2.05) is 0 Å². The highest BCUT2D eigenvalue weighted by Crippen LogP contribution is 2.29. The molecule has 98 valence electrons. The van der Waals surface area contributed by atoms with Crippen molar-refractivity contribution >= 4 is 21.8 Å². The van der Waals surface area contributed by atoms with Crippen molar-refractivity contribution in [1.82, 2.24) is 4.90 Å². The predicted octanol–water partition coefficient (Wildman–Crippen LogP) is 2.58. The minimum absolute atomic E-state index is 0.112. The largest absolute Gasteiger partial charge is 0.378 e. The van der Waals surface area contributed by atoms with E-state index in [2.05, 4.69) is 27.8 Å². The Labute approximate surface area is 112 Å². The average Bonchev–Trinajstić information content (AvgIpc) is 2.67. The van der Waals surface area contributed by atoms with Gasteiger partial charge in [0.25, 0.3) is 0 Å². The first-order valence-corrected chi connectivity index (χ1v) is 7.82. The Morgan fingerprint density at radius 3 is 2.71 bits per heavy atom. The summed E-state index contributed by atoms with van der Waals surface area (Å²) in [5, 5.41) is 0.973. The summed E-state index contributed by atoms with van der Waals surface area (Å²) in [7, 11) is 0. The number of ether oxygens (including phenoxy) is 1. The monoisotopic (exact) mass is 303 g/mol. The van der Waals surface area contributed by atoms with Crippen molar-refractivity contribution in [2.24, 2.45) is 5.92 Å². The molecule has 0 aromatic heterocycles. The number of hydrogen-bond donors (Lipinski definition) is 0. The highest BCUT2D eigenvalue weighted by Gasteiger charge is 2.35. The molecule has 2 rings (SSSR count). The predicted molar refractivity (Wildman–Crippen MR) is 71.3 cm³/mol. The molecule has 1 aliphatic heterocycles. The summed E-state index contributed by atoms with van der Waals surface area (Å²) in [5.74, 6) is 0.445. The maximum Gasteiger partial charge on any atom is 0.228 e. The number of hydrogen-bond acceptors (Lipinski definition) is 2. The molecule has 0 bridgehead atoms. The Hall–Kier alpha value is -0.0900. The smallest absolute Gasteiger partial charge is 0.228 e. The SMILES string of the molecule is CC1CC(C(=O)N(CCCBr)C2CCC2)CO1. The lowest BCUT2D eigenvalue weighted by molar-refractivity contribution is -0.139. The molecule has 1 amide bonds. The van der Waals surface area contributed by atoms with Crippen molar-refractivity contribution in [3.05, 3.63) is 0 Å². The maximum atomic E-state index is 12.5. The first-order chi connectivity index (χ1) is 8.22. The second kappa shape index (κ2) is 6.19. The van der Waals surface area contributed by atoms with Gasteiger partial charge in [0.1, 0.15) is 0 Å². The first kappa shape index (κ1) is 13.3. The molecule has 0 N–H and O–H groups in total. The van der Waals surface area contributed by atoms with E-state index in [4.69, 9.17) is 4.74 Å². The van der Waals surface area contributed by atoms with Crippen molar-refractivity contribution in [1.29, 1.82) is 0 Å². The second-order valence-corrected chi connectivity index (χ2v) is 6.03. The molecule has 17 heavy (non-hydrogen) atoms. The van der Waals surface area contributed by atoms with E-state index < -0.39 is 0 Å². The van der Waals surface area contributed by atoms with Crippen molar-refractivity contribution in [2.45, 2.75) is 51.2 Å². The van der Waals surface area contributed by atoms with Crippen molar-refractivity contribution in [2.75, 3.05) is 18.5 Å². The van der Waals surface area contributed by atoms with E-state index in [-0.39, 0.29) is 12.0 Å². The molecule has 1 aliphatic carbocycles. The summed E-state index contributed by atoms with van der Waals surface area (Å²) >= 11 is 3.45. The van der Waals surface area contributed by atoms with E-state index >= 15 is 0 Å². The Bertz CT molecular complexity index is 268. The number of nitrogens with zero attached hydrogens (tertiary/aromatic N) is 1. The van der Waals surface area contributed by atoms with E-state index in [1.165, 1.54) is 19.3 Å². The van der Waals surface area contributed by atoms with E-state index in [0.29, 0.717) is 18.6 Å². The van der Waals surface area contributed by atoms with Crippen LogP contribution in [-0.2, 0) is 9.53 Å². The summed E-state index contributed by atoms with van der Waals surface area (Å²) in [6.45, 7) is 3.58. The highest BCUT2D eigenvalue weighted by molar-refractivity contribution is 9.09. The lowest BCUT2D eigenvalue weighted by Crippen LogP contribution is -2.47. The molecule has 0 aromatic rings. The molecule has 0 aromatic carbocycles. The van der Waals surface area contributed by atoms with Crippen molar-refractivity contribution in [3.63, 3.8) is 0 Å². The van der Waals surface area contributed by atoms with Gasteiger partial charge in [-0.25, -0.2) is 0 Å². The van der Waals surface area contributed by atoms with Crippen LogP contribution in [0.1, 0.15) is 39.0 Å². The first-order valence-electron chi connectivity index (χ1n) is 6.70. The van der Waals surface area contributed by atoms with Gasteiger partial charge in [-0.2, -0.15) is 0 Å². The standard InChI is InChI=1S/C13H22BrNO2/c1-10-8-11(9-17-10)13(16)15(7-3-6-14)12-4-2-5-12/h10-12H,2-9H2,1H3. The van der Waals surface area contributed by atoms with Crippen molar-refractivity contribution < 1.29 is 9.53 Å². The van der Waals surface area contributed by atoms with E-state index in [9.17, 15) is 4.79 Å². The second-order valence-electron chi connectivity index (χ2n) is 5.24. The van der Waals surface area contributed by atoms with Gasteiger partial charge in [0.05, 0.1) is 18.6 Å². The van der Waals surface area contributed by atoms with Gasteiger partial charge in [-0.05, 0) is 39.0 Å². The molecular formula is C13H22BrNO2. The third-order valence-corrected chi connectivity index (χ3v) is 4.44. The van der Waals surface area contributed by atoms with Crippen LogP contribution in [0.25, 0.3) is 0 Å². The van der Waals surface area contributed by atoms with Gasteiger partial charge < -0.3 is 9.64 Å². The van der Waals surface area contributed by atoms with Gasteiger partial charge in [-0.3, -0.25) is 4.79 Å². The van der Waals surface area contributed by atoms with Gasteiger partial charge in [-0.15, -0.1) is 0 Å². The molecule has 1 saturated heterocycles. The summed E-state index contributed by atoms with van der Waals surface area (Å²) in [6, 6.07) is 0.512. The van der Waals surface area contributed by atoms with Gasteiger partial charge in [0.2, 0.25) is 5.91 Å². The molecule has 2 atom stereocenters. The Morgan fingerprint density at radius 2 is 2.24 bits per heavy atom. The third-order valence-electron chi connectivity index (χ3n) is 3.88. The molecule has 2 unspecified atom stereocenters. The zero-order valence-electron chi connectivity index (χ0n) is 10.5. The summed E-state index contributed by atoms with van der Waals surface area (Å²) < 4.78 is 5.52. The Balaban J connectivity index is 1.91. The summed E-state index contributed by atoms with van der Waals surface area (Å²) in [4.78, 5) is 14.6. The van der Waals surface area contributed by atoms with Crippen LogP contribution in [0.4, 0.5) is 0 Å². The molecule has 0 spiro atoms. The number of carbonyl (C=O) groups is 1. The van der Waals surface area contributed by atoms with Crippen LogP contribution in [0.5, 0.6) is 0 Å². The number of alkyl halides is 1. The molecule has 1 heterocycles. The highest BCUT2D eigenvalue weighted by atomic mass is 79.9. The molecule has 4 heteroatoms. The molecule has 0 radical (unpaired) electrons. The van der Waals surface area contributed by atoms with Gasteiger partial charge in [0.15, 0.2) is 0 Å². The zero-order valence-corrected chi connectivity index (χ0v) is 12.1. The third kappa shape index (κ3) is 3.22. The Morgan fingerprint density at radius 1 is 1.47 bits per heavy atom. The van der Waals surface area contributed by atoms with Crippen LogP contribution < -0.4 is 0 Å². The fourth-order valence-electron chi connectivity index (χ4n) is 2.62. The minimum Gasteiger partial charge on any atom is -0.378 e. The van der Waals surface area contributed by atoms with Crippen LogP contribution in [0, 0.1) is 5.92 Å². The summed E-state index contributed by atoms with van der Waals surface area (Å²) in [6.07, 6.45) is 5.86.